The Labute approximate surface area is 495 Å². The maximum atomic E-state index is 15.4. The lowest BCUT2D eigenvalue weighted by atomic mass is 9.32. The van der Waals surface area contributed by atoms with E-state index in [1.54, 1.807) is 0 Å². The van der Waals surface area contributed by atoms with Gasteiger partial charge in [0.1, 0.15) is 36.6 Å². The molecule has 1 spiro atoms. The van der Waals surface area contributed by atoms with Crippen molar-refractivity contribution in [2.45, 2.75) is 182 Å². The van der Waals surface area contributed by atoms with Gasteiger partial charge in [-0.05, 0) is 30.6 Å². The normalized spacial score (nSPS) is 27.3. The molecule has 1 aliphatic heterocycles. The first-order valence-electron chi connectivity index (χ1n) is 27.6. The van der Waals surface area contributed by atoms with Crippen LogP contribution in [0.5, 0.6) is 0 Å². The zero-order valence-corrected chi connectivity index (χ0v) is 52.8. The summed E-state index contributed by atoms with van der Waals surface area (Å²) in [6.45, 7) is 4.92. The average Bonchev–Trinajstić information content (AvgIpc) is 1.38. The molecule has 0 N–H and O–H groups in total. The van der Waals surface area contributed by atoms with Crippen LogP contribution in [0.4, 0.5) is 0 Å². The molecule has 0 aromatic carbocycles. The molecule has 5 rings (SSSR count). The van der Waals surface area contributed by atoms with Gasteiger partial charge in [-0.3, -0.25) is 56.5 Å². The summed E-state index contributed by atoms with van der Waals surface area (Å²) in [6.07, 6.45) is -14.9. The minimum absolute atomic E-state index is 0.133. The lowest BCUT2D eigenvalue weighted by molar-refractivity contribution is -0.439. The van der Waals surface area contributed by atoms with E-state index < -0.39 is 193 Å². The molecule has 1 heterocycles. The zero-order valence-electron chi connectivity index (χ0n) is 49.2. The number of phosphoric ester groups is 4. The van der Waals surface area contributed by atoms with Crippen molar-refractivity contribution in [2.75, 3.05) is 54.3 Å². The fraction of sp³-hybridized carbons (Fsp3) is 0.833. The number of fused-ring (bicyclic) bond motifs is 3. The van der Waals surface area contributed by atoms with E-state index in [2.05, 4.69) is 0 Å². The van der Waals surface area contributed by atoms with Crippen molar-refractivity contribution in [1.82, 2.24) is 0 Å². The molecule has 1 saturated heterocycles. The third kappa shape index (κ3) is 17.7. The molecule has 11 atom stereocenters. The van der Waals surface area contributed by atoms with Crippen LogP contribution in [0.3, 0.4) is 0 Å². The molecule has 492 valence electrons. The summed E-state index contributed by atoms with van der Waals surface area (Å²) in [4.78, 5) is 99.7. The van der Waals surface area contributed by atoms with E-state index in [1.807, 2.05) is 13.8 Å². The van der Waals surface area contributed by atoms with Gasteiger partial charge in [0.15, 0.2) is 5.79 Å². The van der Waals surface area contributed by atoms with Gasteiger partial charge in [-0.25, -0.2) is 54.5 Å². The molecule has 38 heteroatoms. The number of esters is 8. The second kappa shape index (κ2) is 32.2. The number of hydrogen-bond donors (Lipinski definition) is 0. The van der Waals surface area contributed by atoms with Gasteiger partial charge in [0.25, 0.3) is 0 Å². The maximum Gasteiger partial charge on any atom is 0.481 e. The highest BCUT2D eigenvalue weighted by molar-refractivity contribution is 7.49. The molecule has 0 aromatic rings. The molecule has 0 radical (unpaired) electrons. The summed E-state index contributed by atoms with van der Waals surface area (Å²) in [7, 11) is -22.8. The number of rotatable bonds is 40. The SMILES string of the molecule is CCC(=O)OCOP(=O)(OCOC(=O)CC)O[C@H]1[C@H](OP(=O)(OCOC(=O)CC)OCOC(=O)CC)[C@@H](OP(=O)(OCOC(=O)CC)OCOC(=O)CC)[C@H]2OC3(O[C@H]2[C@@H]1OP(=O)(OCOC(=O)CC)OCOC(=O)CC)C1C[C@@H]2CC[C@@]3(C)C12C. The predicted molar refractivity (Wildman–Crippen MR) is 278 cm³/mol. The lowest BCUT2D eigenvalue weighted by Gasteiger charge is -2.76. The Bertz CT molecular complexity index is 2330. The molecule has 4 aliphatic carbocycles. The topological polar surface area (TPSA) is 408 Å². The molecule has 34 nitrogen and oxygen atoms in total. The monoisotopic (exact) mass is 1320 g/mol. The third-order valence-corrected chi connectivity index (χ3v) is 20.2. The number of carbonyl (C=O) groups excluding carboxylic acids is 8. The van der Waals surface area contributed by atoms with Gasteiger partial charge >= 0.3 is 79.0 Å². The Morgan fingerprint density at radius 3 is 0.814 bits per heavy atom. The number of phosphoric acid groups is 4. The minimum atomic E-state index is -5.76. The van der Waals surface area contributed by atoms with Crippen molar-refractivity contribution in [1.29, 1.82) is 0 Å². The second-order valence-electron chi connectivity index (χ2n) is 19.5. The summed E-state index contributed by atoms with van der Waals surface area (Å²) in [5.41, 5.74) is -1.49. The molecule has 3 unspecified atom stereocenters. The number of ether oxygens (including phenoxy) is 10. The van der Waals surface area contributed by atoms with E-state index in [0.717, 1.165) is 0 Å². The van der Waals surface area contributed by atoms with Gasteiger partial charge in [0, 0.05) is 62.7 Å². The van der Waals surface area contributed by atoms with Gasteiger partial charge < -0.3 is 47.4 Å². The van der Waals surface area contributed by atoms with Crippen LogP contribution in [0.25, 0.3) is 0 Å². The van der Waals surface area contributed by atoms with Crippen LogP contribution in [0.2, 0.25) is 0 Å². The predicted octanol–water partition coefficient (Wildman–Crippen LogP) is 7.33. The Kier molecular flexibility index (Phi) is 27.3. The molecule has 0 bridgehead atoms. The van der Waals surface area contributed by atoms with Crippen LogP contribution < -0.4 is 0 Å². The molecule has 4 saturated carbocycles. The summed E-state index contributed by atoms with van der Waals surface area (Å²) < 4.78 is 185. The zero-order chi connectivity index (χ0) is 63.7. The maximum absolute atomic E-state index is 15.4. The second-order valence-corrected chi connectivity index (χ2v) is 26.0. The van der Waals surface area contributed by atoms with Crippen LogP contribution in [0, 0.1) is 22.7 Å². The first kappa shape index (κ1) is 72.9. The highest BCUT2D eigenvalue weighted by Gasteiger charge is 2.89. The smallest absolute Gasteiger partial charge is 0.438 e. The summed E-state index contributed by atoms with van der Waals surface area (Å²) >= 11 is 0. The number of carbonyl (C=O) groups is 8. The molecular formula is C48H76O34P4. The van der Waals surface area contributed by atoms with Crippen LogP contribution >= 0.6 is 31.3 Å². The van der Waals surface area contributed by atoms with Gasteiger partial charge in [-0.15, -0.1) is 0 Å². The highest BCUT2D eigenvalue weighted by atomic mass is 31.2. The van der Waals surface area contributed by atoms with Crippen LogP contribution in [-0.4, -0.2) is 145 Å². The molecule has 0 amide bonds. The van der Waals surface area contributed by atoms with Gasteiger partial charge in [0.05, 0.1) is 0 Å². The van der Waals surface area contributed by atoms with Crippen LogP contribution in [0.15, 0.2) is 0 Å². The van der Waals surface area contributed by atoms with E-state index in [9.17, 15) is 38.4 Å². The van der Waals surface area contributed by atoms with E-state index in [4.69, 9.17) is 102 Å². The summed E-state index contributed by atoms with van der Waals surface area (Å²) in [6, 6.07) is 0. The minimum Gasteiger partial charge on any atom is -0.438 e. The summed E-state index contributed by atoms with van der Waals surface area (Å²) in [5, 5.41) is 0. The Hall–Kier alpha value is -3.88. The Morgan fingerprint density at radius 2 is 0.593 bits per heavy atom. The van der Waals surface area contributed by atoms with Gasteiger partial charge in [-0.1, -0.05) is 69.2 Å². The summed E-state index contributed by atoms with van der Waals surface area (Å²) in [5.74, 6) is -9.65. The van der Waals surface area contributed by atoms with Crippen molar-refractivity contribution in [2.24, 2.45) is 22.7 Å². The average molecular weight is 1320 g/mol. The molecular weight excluding hydrogens is 1240 g/mol. The van der Waals surface area contributed by atoms with Crippen molar-refractivity contribution in [3.63, 3.8) is 0 Å². The molecule has 5 aliphatic rings. The number of hydrogen-bond acceptors (Lipinski definition) is 34. The van der Waals surface area contributed by atoms with Crippen molar-refractivity contribution >= 4 is 79.0 Å². The third-order valence-electron chi connectivity index (χ3n) is 14.8. The van der Waals surface area contributed by atoms with E-state index in [1.165, 1.54) is 55.4 Å². The fourth-order valence-electron chi connectivity index (χ4n) is 10.1. The van der Waals surface area contributed by atoms with Crippen molar-refractivity contribution < 1.29 is 158 Å². The Morgan fingerprint density at radius 1 is 0.372 bits per heavy atom. The first-order valence-corrected chi connectivity index (χ1v) is 33.4. The molecule has 86 heavy (non-hydrogen) atoms. The lowest BCUT2D eigenvalue weighted by Crippen LogP contribution is -2.80. The standard InChI is InChI=1S/C48H76O34P4/c1-11-32(49)61-22-69-83(57,70-23-62-33(50)12-2)79-42-40-41(78-48(77-40)31-21-30-19-20-46(48,9)47(30,31)10)43(80-84(58,71-24-63-34(51)13-3)72-25-64-35(52)14-4)45(82-86(60,75-28-67-38(55)17-7)76-29-68-39(56)18-8)44(42)81-85(59,73-26-65-36(53)15-5)74-27-66-37(54)16-6/h30-31,40-45H,11-29H2,1-10H3/t30-,31?,40-,41+,42-,43-,44+,45+,46-,47?,48?/m0/s1. The van der Waals surface area contributed by atoms with Crippen molar-refractivity contribution in [3.05, 3.63) is 0 Å². The quantitative estimate of drug-likeness (QED) is 0.0251. The van der Waals surface area contributed by atoms with Crippen molar-refractivity contribution in [3.8, 4) is 0 Å². The van der Waals surface area contributed by atoms with Crippen LogP contribution in [-0.2, 0) is 158 Å². The molecule has 0 aromatic heterocycles. The van der Waals surface area contributed by atoms with E-state index >= 15 is 18.3 Å². The Balaban J connectivity index is 1.87. The molecule has 5 fully saturated rings. The van der Waals surface area contributed by atoms with Crippen LogP contribution in [0.1, 0.15) is 140 Å². The van der Waals surface area contributed by atoms with Gasteiger partial charge in [0.2, 0.25) is 54.3 Å². The van der Waals surface area contributed by atoms with Gasteiger partial charge in [-0.2, -0.15) is 0 Å². The van der Waals surface area contributed by atoms with E-state index in [0.29, 0.717) is 19.3 Å². The largest absolute Gasteiger partial charge is 0.481 e. The first-order chi connectivity index (χ1) is 40.7. The van der Waals surface area contributed by atoms with E-state index in [-0.39, 0.29) is 57.3 Å². The highest BCUT2D eigenvalue weighted by Crippen LogP contribution is 2.87. The fourth-order valence-corrected chi connectivity index (χ4v) is 14.5.